The summed E-state index contributed by atoms with van der Waals surface area (Å²) < 4.78 is 15.7. The van der Waals surface area contributed by atoms with Crippen LogP contribution in [0.15, 0.2) is 79.1 Å². The topological polar surface area (TPSA) is 69.7 Å². The molecule has 0 saturated carbocycles. The Bertz CT molecular complexity index is 870. The van der Waals surface area contributed by atoms with Crippen molar-refractivity contribution in [3.63, 3.8) is 0 Å². The second-order valence-electron chi connectivity index (χ2n) is 6.40. The third kappa shape index (κ3) is 6.33. The Labute approximate surface area is 170 Å². The Morgan fingerprint density at radius 3 is 2.48 bits per heavy atom. The standard InChI is InChI=1S/C23H24N2O4/c1-27-17-29-21-11-9-19(10-12-21)22(20-8-5-13-24-14-20)15-25-23(26)28-16-18-6-3-2-4-7-18/h2-14,22H,15-17H2,1H3,(H,25,26). The van der Waals surface area contributed by atoms with E-state index in [-0.39, 0.29) is 19.3 Å². The Morgan fingerprint density at radius 1 is 1.00 bits per heavy atom. The predicted molar refractivity (Wildman–Crippen MR) is 110 cm³/mol. The van der Waals surface area contributed by atoms with E-state index in [1.165, 1.54) is 0 Å². The summed E-state index contributed by atoms with van der Waals surface area (Å²) in [5.74, 6) is 0.653. The minimum atomic E-state index is -0.456. The molecule has 6 heteroatoms. The smallest absolute Gasteiger partial charge is 0.407 e. The minimum Gasteiger partial charge on any atom is -0.468 e. The van der Waals surface area contributed by atoms with Crippen molar-refractivity contribution in [2.45, 2.75) is 12.5 Å². The summed E-state index contributed by atoms with van der Waals surface area (Å²) in [6.07, 6.45) is 3.07. The SMILES string of the molecule is COCOc1ccc(C(CNC(=O)OCc2ccccc2)c2cccnc2)cc1. The summed E-state index contributed by atoms with van der Waals surface area (Å²) in [6.45, 7) is 0.813. The number of benzene rings is 2. The van der Waals surface area contributed by atoms with Crippen LogP contribution in [0.1, 0.15) is 22.6 Å². The maximum absolute atomic E-state index is 12.2. The molecule has 29 heavy (non-hydrogen) atoms. The first-order valence-electron chi connectivity index (χ1n) is 9.32. The van der Waals surface area contributed by atoms with Crippen LogP contribution < -0.4 is 10.1 Å². The Morgan fingerprint density at radius 2 is 1.79 bits per heavy atom. The fourth-order valence-corrected chi connectivity index (χ4v) is 2.89. The van der Waals surface area contributed by atoms with Crippen molar-refractivity contribution in [3.8, 4) is 5.75 Å². The average Bonchev–Trinajstić information content (AvgIpc) is 2.78. The molecule has 3 aromatic rings. The van der Waals surface area contributed by atoms with Crippen molar-refractivity contribution < 1.29 is 19.0 Å². The summed E-state index contributed by atoms with van der Waals surface area (Å²) in [5, 5.41) is 2.86. The molecule has 1 amide bonds. The molecule has 1 atom stereocenters. The van der Waals surface area contributed by atoms with Crippen LogP contribution in [0.25, 0.3) is 0 Å². The molecule has 1 unspecified atom stereocenters. The van der Waals surface area contributed by atoms with E-state index in [0.29, 0.717) is 6.54 Å². The fraction of sp³-hybridized carbons (Fsp3) is 0.217. The number of pyridine rings is 1. The Kier molecular flexibility index (Phi) is 7.60. The first-order valence-corrected chi connectivity index (χ1v) is 9.32. The molecule has 2 aromatic carbocycles. The van der Waals surface area contributed by atoms with Gasteiger partial charge in [-0.05, 0) is 34.9 Å². The molecule has 0 aliphatic carbocycles. The molecule has 1 heterocycles. The molecule has 1 N–H and O–H groups in total. The van der Waals surface area contributed by atoms with Gasteiger partial charge in [0.1, 0.15) is 12.4 Å². The number of ether oxygens (including phenoxy) is 3. The van der Waals surface area contributed by atoms with E-state index in [1.54, 1.807) is 19.5 Å². The van der Waals surface area contributed by atoms with E-state index < -0.39 is 6.09 Å². The van der Waals surface area contributed by atoms with Gasteiger partial charge in [0.2, 0.25) is 0 Å². The zero-order valence-corrected chi connectivity index (χ0v) is 16.3. The van der Waals surface area contributed by atoms with E-state index >= 15 is 0 Å². The molecule has 0 spiro atoms. The molecule has 6 nitrogen and oxygen atoms in total. The number of amides is 1. The number of carbonyl (C=O) groups is 1. The Balaban J connectivity index is 1.64. The average molecular weight is 392 g/mol. The molecule has 150 valence electrons. The number of nitrogens with one attached hydrogen (secondary N) is 1. The van der Waals surface area contributed by atoms with E-state index in [2.05, 4.69) is 10.3 Å². The molecule has 0 bridgehead atoms. The largest absolute Gasteiger partial charge is 0.468 e. The number of carbonyl (C=O) groups excluding carboxylic acids is 1. The summed E-state index contributed by atoms with van der Waals surface area (Å²) in [4.78, 5) is 16.4. The minimum absolute atomic E-state index is 0.0653. The lowest BCUT2D eigenvalue weighted by Crippen LogP contribution is -2.29. The van der Waals surface area contributed by atoms with Crippen LogP contribution >= 0.6 is 0 Å². The lowest BCUT2D eigenvalue weighted by Gasteiger charge is -2.19. The van der Waals surface area contributed by atoms with Crippen molar-refractivity contribution in [2.24, 2.45) is 0 Å². The third-order valence-electron chi connectivity index (χ3n) is 4.38. The number of nitrogens with zero attached hydrogens (tertiary/aromatic N) is 1. The highest BCUT2D eigenvalue weighted by molar-refractivity contribution is 5.67. The van der Waals surface area contributed by atoms with Gasteiger partial charge in [-0.1, -0.05) is 48.5 Å². The zero-order valence-electron chi connectivity index (χ0n) is 16.3. The molecular weight excluding hydrogens is 368 g/mol. The molecular formula is C23H24N2O4. The summed E-state index contributed by atoms with van der Waals surface area (Å²) in [6, 6.07) is 21.2. The number of alkyl carbamates (subject to hydrolysis) is 1. The van der Waals surface area contributed by atoms with Gasteiger partial charge in [-0.3, -0.25) is 4.98 Å². The van der Waals surface area contributed by atoms with Gasteiger partial charge in [-0.25, -0.2) is 4.79 Å². The number of rotatable bonds is 9. The zero-order chi connectivity index (χ0) is 20.3. The van der Waals surface area contributed by atoms with Crippen LogP contribution in [0.2, 0.25) is 0 Å². The van der Waals surface area contributed by atoms with Crippen LogP contribution in [0, 0.1) is 0 Å². The fourth-order valence-electron chi connectivity index (χ4n) is 2.89. The number of hydrogen-bond donors (Lipinski definition) is 1. The summed E-state index contributed by atoms with van der Waals surface area (Å²) in [7, 11) is 1.58. The maximum atomic E-state index is 12.2. The maximum Gasteiger partial charge on any atom is 0.407 e. The van der Waals surface area contributed by atoms with E-state index in [9.17, 15) is 4.79 Å². The molecule has 0 radical (unpaired) electrons. The molecule has 0 aliphatic heterocycles. The van der Waals surface area contributed by atoms with E-state index in [0.717, 1.165) is 22.4 Å². The van der Waals surface area contributed by atoms with E-state index in [1.807, 2.05) is 66.7 Å². The predicted octanol–water partition coefficient (Wildman–Crippen LogP) is 4.12. The quantitative estimate of drug-likeness (QED) is 0.555. The van der Waals surface area contributed by atoms with Crippen LogP contribution in [0.3, 0.4) is 0 Å². The van der Waals surface area contributed by atoms with Crippen molar-refractivity contribution in [3.05, 3.63) is 95.8 Å². The first-order chi connectivity index (χ1) is 14.3. The summed E-state index contributed by atoms with van der Waals surface area (Å²) in [5.41, 5.74) is 2.98. The van der Waals surface area contributed by atoms with E-state index in [4.69, 9.17) is 14.2 Å². The molecule has 0 fully saturated rings. The molecule has 0 saturated heterocycles. The van der Waals surface area contributed by atoms with Gasteiger partial charge in [-0.2, -0.15) is 0 Å². The highest BCUT2D eigenvalue weighted by Crippen LogP contribution is 2.25. The monoisotopic (exact) mass is 392 g/mol. The number of hydrogen-bond acceptors (Lipinski definition) is 5. The van der Waals surface area contributed by atoms with Crippen molar-refractivity contribution in [1.29, 1.82) is 0 Å². The first kappa shape index (κ1) is 20.4. The molecule has 0 aliphatic rings. The van der Waals surface area contributed by atoms with Crippen LogP contribution in [-0.2, 0) is 16.1 Å². The summed E-state index contributed by atoms with van der Waals surface area (Å²) >= 11 is 0. The van der Waals surface area contributed by atoms with Crippen molar-refractivity contribution in [2.75, 3.05) is 20.4 Å². The van der Waals surface area contributed by atoms with Crippen molar-refractivity contribution >= 4 is 6.09 Å². The normalized spacial score (nSPS) is 11.5. The van der Waals surface area contributed by atoms with Crippen LogP contribution in [-0.4, -0.2) is 31.5 Å². The molecule has 1 aromatic heterocycles. The van der Waals surface area contributed by atoms with Gasteiger partial charge in [0.05, 0.1) is 0 Å². The highest BCUT2D eigenvalue weighted by Gasteiger charge is 2.16. The van der Waals surface area contributed by atoms with Crippen LogP contribution in [0.4, 0.5) is 4.79 Å². The van der Waals surface area contributed by atoms with Gasteiger partial charge < -0.3 is 19.5 Å². The number of methoxy groups -OCH3 is 1. The molecule has 3 rings (SSSR count). The second-order valence-corrected chi connectivity index (χ2v) is 6.40. The van der Waals surface area contributed by atoms with Crippen LogP contribution in [0.5, 0.6) is 5.75 Å². The third-order valence-corrected chi connectivity index (χ3v) is 4.38. The van der Waals surface area contributed by atoms with Crippen molar-refractivity contribution in [1.82, 2.24) is 10.3 Å². The van der Waals surface area contributed by atoms with Gasteiger partial charge in [0.25, 0.3) is 0 Å². The lowest BCUT2D eigenvalue weighted by atomic mass is 9.92. The van der Waals surface area contributed by atoms with Gasteiger partial charge in [-0.15, -0.1) is 0 Å². The Hall–Kier alpha value is -3.38. The van der Waals surface area contributed by atoms with Gasteiger partial charge in [0.15, 0.2) is 6.79 Å². The highest BCUT2D eigenvalue weighted by atomic mass is 16.7. The second kappa shape index (κ2) is 10.8. The van der Waals surface area contributed by atoms with Gasteiger partial charge >= 0.3 is 6.09 Å². The van der Waals surface area contributed by atoms with Gasteiger partial charge in [0, 0.05) is 32.0 Å². The lowest BCUT2D eigenvalue weighted by molar-refractivity contribution is 0.0511. The number of aromatic nitrogens is 1.